The first-order chi connectivity index (χ1) is 12.3. The van der Waals surface area contributed by atoms with Gasteiger partial charge in [0.1, 0.15) is 5.75 Å². The highest BCUT2D eigenvalue weighted by Crippen LogP contribution is 2.12. The lowest BCUT2D eigenvalue weighted by Gasteiger charge is -2.20. The summed E-state index contributed by atoms with van der Waals surface area (Å²) in [6.45, 7) is 6.11. The Kier molecular flexibility index (Phi) is 8.97. The van der Waals surface area contributed by atoms with Crippen LogP contribution in [0.5, 0.6) is 5.75 Å². The Hall–Kier alpha value is -2.77. The van der Waals surface area contributed by atoms with Crippen molar-refractivity contribution in [3.05, 3.63) is 29.8 Å². The molecule has 1 atom stereocenters. The third kappa shape index (κ3) is 8.36. The fourth-order valence-electron chi connectivity index (χ4n) is 2.28. The molecule has 0 heterocycles. The molecule has 0 aromatic heterocycles. The first-order valence-electron chi connectivity index (χ1n) is 8.54. The van der Waals surface area contributed by atoms with Crippen molar-refractivity contribution in [3.63, 3.8) is 0 Å². The monoisotopic (exact) mass is 365 g/mol. The van der Waals surface area contributed by atoms with E-state index in [2.05, 4.69) is 10.6 Å². The van der Waals surface area contributed by atoms with Crippen molar-refractivity contribution in [2.24, 2.45) is 11.7 Å². The summed E-state index contributed by atoms with van der Waals surface area (Å²) in [7, 11) is 0. The van der Waals surface area contributed by atoms with Gasteiger partial charge in [-0.1, -0.05) is 19.9 Å². The average molecular weight is 365 g/mol. The van der Waals surface area contributed by atoms with E-state index in [0.717, 1.165) is 0 Å². The number of carbonyl (C=O) groups is 3. The Balaban J connectivity index is 2.47. The van der Waals surface area contributed by atoms with Gasteiger partial charge in [0.2, 0.25) is 5.91 Å². The van der Waals surface area contributed by atoms with Crippen LogP contribution in [-0.4, -0.2) is 43.7 Å². The van der Waals surface area contributed by atoms with E-state index >= 15 is 0 Å². The standard InChI is InChI=1S/C18H27N3O5/c1-4-25-18(24)21-14(8-12(2)3)10-20-16(22)11-26-15-7-5-6-13(9-15)17(19)23/h5-7,9,12,14H,4,8,10-11H2,1-3H3,(H2,19,23)(H,20,22)(H,21,24). The number of amides is 3. The quantitative estimate of drug-likeness (QED) is 0.579. The van der Waals surface area contributed by atoms with Crippen LogP contribution in [0.15, 0.2) is 24.3 Å². The molecule has 0 aliphatic carbocycles. The fourth-order valence-corrected chi connectivity index (χ4v) is 2.28. The maximum Gasteiger partial charge on any atom is 0.407 e. The van der Waals surface area contributed by atoms with Crippen LogP contribution in [0.4, 0.5) is 4.79 Å². The molecule has 0 aliphatic rings. The topological polar surface area (TPSA) is 120 Å². The molecule has 0 spiro atoms. The number of ether oxygens (including phenoxy) is 2. The zero-order valence-electron chi connectivity index (χ0n) is 15.4. The molecule has 8 nitrogen and oxygen atoms in total. The number of nitrogens with two attached hydrogens (primary N) is 1. The highest BCUT2D eigenvalue weighted by Gasteiger charge is 2.16. The maximum absolute atomic E-state index is 12.0. The fraction of sp³-hybridized carbons (Fsp3) is 0.500. The van der Waals surface area contributed by atoms with E-state index in [4.69, 9.17) is 15.2 Å². The van der Waals surface area contributed by atoms with Crippen molar-refractivity contribution >= 4 is 17.9 Å². The third-order valence-electron chi connectivity index (χ3n) is 3.39. The number of rotatable bonds is 10. The molecular formula is C18H27N3O5. The van der Waals surface area contributed by atoms with E-state index in [1.807, 2.05) is 13.8 Å². The van der Waals surface area contributed by atoms with Crippen molar-refractivity contribution in [2.75, 3.05) is 19.8 Å². The number of hydrogen-bond acceptors (Lipinski definition) is 5. The zero-order chi connectivity index (χ0) is 19.5. The lowest BCUT2D eigenvalue weighted by Crippen LogP contribution is -2.45. The van der Waals surface area contributed by atoms with Gasteiger partial charge in [0.25, 0.3) is 5.91 Å². The second kappa shape index (κ2) is 11.0. The summed E-state index contributed by atoms with van der Waals surface area (Å²) in [5, 5.41) is 5.45. The Morgan fingerprint density at radius 3 is 2.58 bits per heavy atom. The highest BCUT2D eigenvalue weighted by atomic mass is 16.5. The van der Waals surface area contributed by atoms with E-state index in [-0.39, 0.29) is 31.7 Å². The minimum absolute atomic E-state index is 0.212. The smallest absolute Gasteiger partial charge is 0.407 e. The van der Waals surface area contributed by atoms with Crippen LogP contribution >= 0.6 is 0 Å². The van der Waals surface area contributed by atoms with Crippen molar-refractivity contribution in [1.82, 2.24) is 10.6 Å². The molecule has 0 radical (unpaired) electrons. The van der Waals surface area contributed by atoms with Gasteiger partial charge < -0.3 is 25.8 Å². The van der Waals surface area contributed by atoms with Gasteiger partial charge >= 0.3 is 6.09 Å². The van der Waals surface area contributed by atoms with Crippen LogP contribution in [0.2, 0.25) is 0 Å². The van der Waals surface area contributed by atoms with E-state index < -0.39 is 12.0 Å². The minimum Gasteiger partial charge on any atom is -0.484 e. The predicted molar refractivity (Wildman–Crippen MR) is 96.9 cm³/mol. The van der Waals surface area contributed by atoms with Crippen LogP contribution in [0.1, 0.15) is 37.6 Å². The van der Waals surface area contributed by atoms with Gasteiger partial charge in [-0.15, -0.1) is 0 Å². The SMILES string of the molecule is CCOC(=O)NC(CNC(=O)COc1cccc(C(N)=O)c1)CC(C)C. The van der Waals surface area contributed by atoms with Crippen molar-refractivity contribution < 1.29 is 23.9 Å². The lowest BCUT2D eigenvalue weighted by molar-refractivity contribution is -0.123. The number of alkyl carbamates (subject to hydrolysis) is 1. The van der Waals surface area contributed by atoms with Crippen molar-refractivity contribution in [3.8, 4) is 5.75 Å². The molecular weight excluding hydrogens is 338 g/mol. The van der Waals surface area contributed by atoms with E-state index in [1.165, 1.54) is 6.07 Å². The number of benzene rings is 1. The summed E-state index contributed by atoms with van der Waals surface area (Å²) in [5.74, 6) is -0.193. The molecule has 8 heteroatoms. The number of hydrogen-bond donors (Lipinski definition) is 3. The normalized spacial score (nSPS) is 11.5. The first-order valence-corrected chi connectivity index (χ1v) is 8.54. The Labute approximate surface area is 153 Å². The summed E-state index contributed by atoms with van der Waals surface area (Å²) in [4.78, 5) is 34.7. The van der Waals surface area contributed by atoms with Crippen LogP contribution < -0.4 is 21.1 Å². The highest BCUT2D eigenvalue weighted by molar-refractivity contribution is 5.93. The molecule has 0 bridgehead atoms. The van der Waals surface area contributed by atoms with E-state index in [9.17, 15) is 14.4 Å². The maximum atomic E-state index is 12.0. The summed E-state index contributed by atoms with van der Waals surface area (Å²) < 4.78 is 10.2. The second-order valence-corrected chi connectivity index (χ2v) is 6.18. The second-order valence-electron chi connectivity index (χ2n) is 6.18. The summed E-state index contributed by atoms with van der Waals surface area (Å²) in [6, 6.07) is 6.04. The largest absolute Gasteiger partial charge is 0.484 e. The molecule has 26 heavy (non-hydrogen) atoms. The van der Waals surface area contributed by atoms with Gasteiger partial charge in [-0.05, 0) is 37.5 Å². The predicted octanol–water partition coefficient (Wildman–Crippen LogP) is 1.44. The molecule has 0 fully saturated rings. The van der Waals surface area contributed by atoms with Gasteiger partial charge in [-0.25, -0.2) is 4.79 Å². The Bertz CT molecular complexity index is 619. The molecule has 144 valence electrons. The van der Waals surface area contributed by atoms with Gasteiger partial charge in [0.15, 0.2) is 6.61 Å². The van der Waals surface area contributed by atoms with Gasteiger partial charge in [0, 0.05) is 18.2 Å². The lowest BCUT2D eigenvalue weighted by atomic mass is 10.0. The Morgan fingerprint density at radius 2 is 1.96 bits per heavy atom. The zero-order valence-corrected chi connectivity index (χ0v) is 15.4. The molecule has 0 saturated heterocycles. The van der Waals surface area contributed by atoms with Crippen LogP contribution in [0, 0.1) is 5.92 Å². The van der Waals surface area contributed by atoms with Gasteiger partial charge in [-0.2, -0.15) is 0 Å². The molecule has 1 aromatic carbocycles. The van der Waals surface area contributed by atoms with E-state index in [1.54, 1.807) is 25.1 Å². The van der Waals surface area contributed by atoms with Gasteiger partial charge in [-0.3, -0.25) is 9.59 Å². The van der Waals surface area contributed by atoms with Gasteiger partial charge in [0.05, 0.1) is 6.61 Å². The van der Waals surface area contributed by atoms with Crippen molar-refractivity contribution in [2.45, 2.75) is 33.2 Å². The van der Waals surface area contributed by atoms with Crippen LogP contribution in [0.3, 0.4) is 0 Å². The summed E-state index contributed by atoms with van der Waals surface area (Å²) in [5.41, 5.74) is 5.51. The Morgan fingerprint density at radius 1 is 1.23 bits per heavy atom. The molecule has 1 unspecified atom stereocenters. The molecule has 0 saturated carbocycles. The third-order valence-corrected chi connectivity index (χ3v) is 3.39. The molecule has 4 N–H and O–H groups in total. The number of nitrogens with one attached hydrogen (secondary N) is 2. The molecule has 3 amide bonds. The minimum atomic E-state index is -0.568. The molecule has 1 rings (SSSR count). The summed E-state index contributed by atoms with van der Waals surface area (Å²) >= 11 is 0. The van der Waals surface area contributed by atoms with E-state index in [0.29, 0.717) is 23.7 Å². The first kappa shape index (κ1) is 21.3. The summed E-state index contributed by atoms with van der Waals surface area (Å²) in [6.07, 6.45) is 0.188. The number of carbonyl (C=O) groups excluding carboxylic acids is 3. The van der Waals surface area contributed by atoms with Crippen LogP contribution in [0.25, 0.3) is 0 Å². The molecule has 0 aliphatic heterocycles. The molecule has 1 aromatic rings. The van der Waals surface area contributed by atoms with Crippen molar-refractivity contribution in [1.29, 1.82) is 0 Å². The van der Waals surface area contributed by atoms with Crippen LogP contribution in [-0.2, 0) is 9.53 Å². The number of primary amides is 1. The average Bonchev–Trinajstić information content (AvgIpc) is 2.57.